The van der Waals surface area contributed by atoms with E-state index in [4.69, 9.17) is 9.47 Å². The molecule has 2 fully saturated rings. The lowest BCUT2D eigenvalue weighted by molar-refractivity contribution is 0.00645. The summed E-state index contributed by atoms with van der Waals surface area (Å²) in [5.74, 6) is -0.265. The molecule has 0 spiro atoms. The SMILES string of the molecule is C[C@H]1CC[C@@H](Oc2cc(F)c(C(=O)OC(C)(C)C)cc2C2CC2)CN1. The molecule has 0 unspecified atom stereocenters. The van der Waals surface area contributed by atoms with Gasteiger partial charge in [-0.05, 0) is 70.9 Å². The van der Waals surface area contributed by atoms with Gasteiger partial charge in [-0.3, -0.25) is 0 Å². The molecule has 1 aromatic rings. The minimum Gasteiger partial charge on any atom is -0.489 e. The van der Waals surface area contributed by atoms with Gasteiger partial charge in [-0.2, -0.15) is 0 Å². The maximum atomic E-state index is 14.6. The molecular weight excluding hydrogens is 321 g/mol. The zero-order valence-electron chi connectivity index (χ0n) is 15.5. The third-order valence-electron chi connectivity index (χ3n) is 4.64. The van der Waals surface area contributed by atoms with Crippen LogP contribution in [0.2, 0.25) is 0 Å². The lowest BCUT2D eigenvalue weighted by atomic mass is 10.0. The summed E-state index contributed by atoms with van der Waals surface area (Å²) in [6.07, 6.45) is 4.14. The first kappa shape index (κ1) is 18.2. The number of esters is 1. The molecule has 0 bridgehead atoms. The van der Waals surface area contributed by atoms with Gasteiger partial charge in [-0.1, -0.05) is 0 Å². The highest BCUT2D eigenvalue weighted by Gasteiger charge is 2.31. The highest BCUT2D eigenvalue weighted by Crippen LogP contribution is 2.45. The second-order valence-electron chi connectivity index (χ2n) is 8.27. The number of hydrogen-bond donors (Lipinski definition) is 1. The number of halogens is 1. The Kier molecular flexibility index (Phi) is 5.05. The number of carbonyl (C=O) groups excluding carboxylic acids is 1. The minimum atomic E-state index is -0.650. The van der Waals surface area contributed by atoms with Crippen molar-refractivity contribution in [3.05, 3.63) is 29.1 Å². The molecule has 1 saturated heterocycles. The first-order valence-electron chi connectivity index (χ1n) is 9.20. The Hall–Kier alpha value is -1.62. The Bertz CT molecular complexity index is 641. The van der Waals surface area contributed by atoms with E-state index in [-0.39, 0.29) is 11.7 Å². The Morgan fingerprint density at radius 3 is 2.48 bits per heavy atom. The maximum Gasteiger partial charge on any atom is 0.341 e. The van der Waals surface area contributed by atoms with Gasteiger partial charge in [0.15, 0.2) is 0 Å². The zero-order valence-corrected chi connectivity index (χ0v) is 15.5. The summed E-state index contributed by atoms with van der Waals surface area (Å²) in [5.41, 5.74) is 0.281. The molecule has 4 nitrogen and oxygen atoms in total. The summed E-state index contributed by atoms with van der Waals surface area (Å²) in [6, 6.07) is 3.49. The molecule has 1 aromatic carbocycles. The van der Waals surface area contributed by atoms with Crippen molar-refractivity contribution >= 4 is 5.97 Å². The molecular formula is C20H28FNO3. The Balaban J connectivity index is 1.82. The fourth-order valence-corrected chi connectivity index (χ4v) is 3.13. The first-order chi connectivity index (χ1) is 11.7. The van der Waals surface area contributed by atoms with Crippen molar-refractivity contribution < 1.29 is 18.7 Å². The highest BCUT2D eigenvalue weighted by atomic mass is 19.1. The van der Waals surface area contributed by atoms with E-state index >= 15 is 0 Å². The van der Waals surface area contributed by atoms with E-state index in [2.05, 4.69) is 12.2 Å². The molecule has 1 aliphatic carbocycles. The van der Waals surface area contributed by atoms with Crippen LogP contribution in [0.5, 0.6) is 5.75 Å². The molecule has 1 N–H and O–H groups in total. The standard InChI is InChI=1S/C20H28FNO3/c1-12-5-8-14(11-22-12)24-18-10-17(21)16(9-15(18)13-6-7-13)19(23)25-20(2,3)4/h9-10,12-14,22H,5-8,11H2,1-4H3/t12-,14+/m0/s1. The summed E-state index contributed by atoms with van der Waals surface area (Å²) >= 11 is 0. The van der Waals surface area contributed by atoms with E-state index in [0.29, 0.717) is 17.7 Å². The normalized spacial score (nSPS) is 24.0. The Labute approximate surface area is 149 Å². The number of piperidine rings is 1. The smallest absolute Gasteiger partial charge is 0.341 e. The summed E-state index contributed by atoms with van der Waals surface area (Å²) in [7, 11) is 0. The van der Waals surface area contributed by atoms with Crippen molar-refractivity contribution in [2.24, 2.45) is 0 Å². The van der Waals surface area contributed by atoms with Crippen LogP contribution in [0.25, 0.3) is 0 Å². The van der Waals surface area contributed by atoms with Crippen LogP contribution in [0.15, 0.2) is 12.1 Å². The quantitative estimate of drug-likeness (QED) is 0.829. The number of nitrogens with one attached hydrogen (secondary N) is 1. The molecule has 0 amide bonds. The van der Waals surface area contributed by atoms with E-state index in [1.54, 1.807) is 26.8 Å². The van der Waals surface area contributed by atoms with E-state index in [9.17, 15) is 9.18 Å². The summed E-state index contributed by atoms with van der Waals surface area (Å²) in [4.78, 5) is 12.3. The average molecular weight is 349 g/mol. The zero-order chi connectivity index (χ0) is 18.2. The molecule has 2 aliphatic rings. The van der Waals surface area contributed by atoms with Gasteiger partial charge in [0.25, 0.3) is 0 Å². The van der Waals surface area contributed by atoms with E-state index in [1.165, 1.54) is 6.07 Å². The van der Waals surface area contributed by atoms with Gasteiger partial charge in [0, 0.05) is 18.7 Å². The number of ether oxygens (including phenoxy) is 2. The van der Waals surface area contributed by atoms with Crippen LogP contribution in [0.3, 0.4) is 0 Å². The van der Waals surface area contributed by atoms with Crippen LogP contribution in [0.1, 0.15) is 75.2 Å². The Morgan fingerprint density at radius 1 is 1.20 bits per heavy atom. The molecule has 138 valence electrons. The van der Waals surface area contributed by atoms with Gasteiger partial charge >= 0.3 is 5.97 Å². The topological polar surface area (TPSA) is 47.6 Å². The predicted octanol–water partition coefficient (Wildman–Crippen LogP) is 4.18. The second-order valence-corrected chi connectivity index (χ2v) is 8.27. The van der Waals surface area contributed by atoms with E-state index < -0.39 is 17.4 Å². The summed E-state index contributed by atoms with van der Waals surface area (Å²) < 4.78 is 26.0. The molecule has 0 aromatic heterocycles. The summed E-state index contributed by atoms with van der Waals surface area (Å²) in [5, 5.41) is 3.39. The van der Waals surface area contributed by atoms with Gasteiger partial charge in [-0.15, -0.1) is 0 Å². The van der Waals surface area contributed by atoms with Crippen molar-refractivity contribution in [3.8, 4) is 5.75 Å². The molecule has 25 heavy (non-hydrogen) atoms. The van der Waals surface area contributed by atoms with Crippen molar-refractivity contribution in [1.29, 1.82) is 0 Å². The second kappa shape index (κ2) is 6.94. The van der Waals surface area contributed by atoms with Crippen molar-refractivity contribution in [3.63, 3.8) is 0 Å². The van der Waals surface area contributed by atoms with Gasteiger partial charge in [0.1, 0.15) is 23.3 Å². The summed E-state index contributed by atoms with van der Waals surface area (Å²) in [6.45, 7) is 8.25. The average Bonchev–Trinajstić information content (AvgIpc) is 3.32. The van der Waals surface area contributed by atoms with Crippen LogP contribution in [-0.2, 0) is 4.74 Å². The lowest BCUT2D eigenvalue weighted by Gasteiger charge is -2.29. The van der Waals surface area contributed by atoms with Crippen molar-refractivity contribution in [1.82, 2.24) is 5.32 Å². The van der Waals surface area contributed by atoms with Crippen LogP contribution < -0.4 is 10.1 Å². The number of rotatable bonds is 4. The fourth-order valence-electron chi connectivity index (χ4n) is 3.13. The van der Waals surface area contributed by atoms with Gasteiger partial charge in [-0.25, -0.2) is 9.18 Å². The van der Waals surface area contributed by atoms with Gasteiger partial charge in [0.05, 0.1) is 5.56 Å². The van der Waals surface area contributed by atoms with Crippen molar-refractivity contribution in [2.75, 3.05) is 6.54 Å². The minimum absolute atomic E-state index is 0.000401. The molecule has 1 saturated carbocycles. The molecule has 3 rings (SSSR count). The van der Waals surface area contributed by atoms with Crippen LogP contribution in [-0.4, -0.2) is 30.3 Å². The fraction of sp³-hybridized carbons (Fsp3) is 0.650. The largest absolute Gasteiger partial charge is 0.489 e. The number of hydrogen-bond acceptors (Lipinski definition) is 4. The van der Waals surface area contributed by atoms with E-state index in [0.717, 1.165) is 37.8 Å². The predicted molar refractivity (Wildman–Crippen MR) is 94.7 cm³/mol. The number of benzene rings is 1. The molecule has 0 radical (unpaired) electrons. The highest BCUT2D eigenvalue weighted by molar-refractivity contribution is 5.90. The Morgan fingerprint density at radius 2 is 1.92 bits per heavy atom. The molecule has 1 heterocycles. The first-order valence-corrected chi connectivity index (χ1v) is 9.20. The van der Waals surface area contributed by atoms with Crippen LogP contribution in [0.4, 0.5) is 4.39 Å². The van der Waals surface area contributed by atoms with Gasteiger partial charge < -0.3 is 14.8 Å². The van der Waals surface area contributed by atoms with Crippen LogP contribution >= 0.6 is 0 Å². The monoisotopic (exact) mass is 349 g/mol. The molecule has 2 atom stereocenters. The molecule has 5 heteroatoms. The number of carbonyl (C=O) groups is 1. The van der Waals surface area contributed by atoms with Crippen LogP contribution in [0, 0.1) is 5.82 Å². The lowest BCUT2D eigenvalue weighted by Crippen LogP contribution is -2.42. The van der Waals surface area contributed by atoms with Crippen molar-refractivity contribution in [2.45, 2.75) is 77.0 Å². The maximum absolute atomic E-state index is 14.6. The third-order valence-corrected chi connectivity index (χ3v) is 4.64. The van der Waals surface area contributed by atoms with E-state index in [1.807, 2.05) is 0 Å². The van der Waals surface area contributed by atoms with Gasteiger partial charge in [0.2, 0.25) is 0 Å². The molecule has 1 aliphatic heterocycles. The third kappa shape index (κ3) is 4.72.